The first kappa shape index (κ1) is 21.4. The SMILES string of the molecule is CCCCOc1ccc(C(=O)N(c2ccc(C)c(Cl)c2)[C@H]2C=CS(=O)(=O)C2)cc1. The first-order valence-corrected chi connectivity index (χ1v) is 11.6. The summed E-state index contributed by atoms with van der Waals surface area (Å²) in [5.74, 6) is 0.252. The number of aryl methyl sites for hydroxylation is 1. The van der Waals surface area contributed by atoms with Crippen molar-refractivity contribution >= 4 is 33.0 Å². The van der Waals surface area contributed by atoms with Gasteiger partial charge in [0.05, 0.1) is 18.4 Å². The van der Waals surface area contributed by atoms with Crippen LogP contribution in [0, 0.1) is 6.92 Å². The number of carbonyl (C=O) groups is 1. The number of amides is 1. The van der Waals surface area contributed by atoms with Crippen LogP contribution in [-0.4, -0.2) is 32.7 Å². The average molecular weight is 434 g/mol. The Labute approximate surface area is 176 Å². The summed E-state index contributed by atoms with van der Waals surface area (Å²) in [6, 6.07) is 11.6. The summed E-state index contributed by atoms with van der Waals surface area (Å²) in [5.41, 5.74) is 1.88. The maximum absolute atomic E-state index is 13.3. The fraction of sp³-hybridized carbons (Fsp3) is 0.318. The van der Waals surface area contributed by atoms with Crippen LogP contribution in [0.15, 0.2) is 53.9 Å². The van der Waals surface area contributed by atoms with Gasteiger partial charge in [0.15, 0.2) is 9.84 Å². The normalized spacial score (nSPS) is 17.3. The summed E-state index contributed by atoms with van der Waals surface area (Å²) < 4.78 is 29.6. The van der Waals surface area contributed by atoms with E-state index in [-0.39, 0.29) is 11.7 Å². The minimum atomic E-state index is -3.33. The minimum Gasteiger partial charge on any atom is -0.494 e. The number of ether oxygens (including phenoxy) is 1. The zero-order chi connectivity index (χ0) is 21.0. The van der Waals surface area contributed by atoms with E-state index in [0.29, 0.717) is 28.6 Å². The largest absolute Gasteiger partial charge is 0.494 e. The molecule has 29 heavy (non-hydrogen) atoms. The zero-order valence-corrected chi connectivity index (χ0v) is 18.0. The van der Waals surface area contributed by atoms with E-state index in [9.17, 15) is 13.2 Å². The molecule has 1 aliphatic rings. The quantitative estimate of drug-likeness (QED) is 0.589. The second-order valence-corrected chi connectivity index (χ2v) is 9.40. The van der Waals surface area contributed by atoms with Crippen molar-refractivity contribution in [1.29, 1.82) is 0 Å². The van der Waals surface area contributed by atoms with Crippen molar-refractivity contribution in [1.82, 2.24) is 0 Å². The maximum atomic E-state index is 13.3. The lowest BCUT2D eigenvalue weighted by Crippen LogP contribution is -2.41. The van der Waals surface area contributed by atoms with Gasteiger partial charge in [-0.3, -0.25) is 4.79 Å². The van der Waals surface area contributed by atoms with E-state index in [1.165, 1.54) is 10.3 Å². The van der Waals surface area contributed by atoms with E-state index < -0.39 is 15.9 Å². The number of halogens is 1. The molecule has 154 valence electrons. The van der Waals surface area contributed by atoms with E-state index in [1.807, 2.05) is 13.0 Å². The number of hydrogen-bond donors (Lipinski definition) is 0. The van der Waals surface area contributed by atoms with Crippen molar-refractivity contribution in [3.05, 3.63) is 70.1 Å². The summed E-state index contributed by atoms with van der Waals surface area (Å²) >= 11 is 6.26. The van der Waals surface area contributed by atoms with Crippen LogP contribution < -0.4 is 9.64 Å². The van der Waals surface area contributed by atoms with E-state index >= 15 is 0 Å². The van der Waals surface area contributed by atoms with Crippen molar-refractivity contribution in [2.75, 3.05) is 17.3 Å². The van der Waals surface area contributed by atoms with Crippen molar-refractivity contribution in [2.45, 2.75) is 32.7 Å². The van der Waals surface area contributed by atoms with Crippen LogP contribution in [-0.2, 0) is 9.84 Å². The smallest absolute Gasteiger partial charge is 0.258 e. The highest BCUT2D eigenvalue weighted by Gasteiger charge is 2.32. The van der Waals surface area contributed by atoms with Crippen molar-refractivity contribution in [2.24, 2.45) is 0 Å². The Kier molecular flexibility index (Phi) is 6.65. The van der Waals surface area contributed by atoms with Crippen molar-refractivity contribution in [3.8, 4) is 5.75 Å². The molecule has 7 heteroatoms. The molecule has 0 N–H and O–H groups in total. The third-order valence-corrected chi connectivity index (χ3v) is 6.55. The second-order valence-electron chi connectivity index (χ2n) is 7.06. The summed E-state index contributed by atoms with van der Waals surface area (Å²) in [6.07, 6.45) is 3.55. The first-order valence-electron chi connectivity index (χ1n) is 9.54. The van der Waals surface area contributed by atoms with Gasteiger partial charge in [0.1, 0.15) is 5.75 Å². The molecule has 0 saturated carbocycles. The summed E-state index contributed by atoms with van der Waals surface area (Å²) in [7, 11) is -3.33. The number of carbonyl (C=O) groups excluding carboxylic acids is 1. The van der Waals surface area contributed by atoms with E-state index in [0.717, 1.165) is 18.4 Å². The van der Waals surface area contributed by atoms with Crippen LogP contribution in [0.5, 0.6) is 5.75 Å². The highest BCUT2D eigenvalue weighted by Crippen LogP contribution is 2.29. The Balaban J connectivity index is 1.90. The number of unbranched alkanes of at least 4 members (excludes halogenated alkanes) is 1. The van der Waals surface area contributed by atoms with Gasteiger partial charge in [-0.05, 0) is 61.4 Å². The summed E-state index contributed by atoms with van der Waals surface area (Å²) in [6.45, 7) is 4.59. The molecule has 5 nitrogen and oxygen atoms in total. The van der Waals surface area contributed by atoms with Gasteiger partial charge in [0.2, 0.25) is 0 Å². The average Bonchev–Trinajstić information content (AvgIpc) is 3.05. The Bertz CT molecular complexity index is 1020. The molecule has 0 bridgehead atoms. The molecular weight excluding hydrogens is 410 g/mol. The standard InChI is InChI=1S/C22H24ClNO4S/c1-3-4-12-28-20-9-6-17(7-10-20)22(25)24(19-11-13-29(26,27)15-19)18-8-5-16(2)21(23)14-18/h5-11,13-14,19H,3-4,12,15H2,1-2H3/t19-/m0/s1. The molecule has 0 spiro atoms. The topological polar surface area (TPSA) is 63.7 Å². The molecule has 0 radical (unpaired) electrons. The summed E-state index contributed by atoms with van der Waals surface area (Å²) in [4.78, 5) is 14.8. The van der Waals surface area contributed by atoms with Crippen LogP contribution in [0.2, 0.25) is 5.02 Å². The summed E-state index contributed by atoms with van der Waals surface area (Å²) in [5, 5.41) is 1.68. The number of hydrogen-bond acceptors (Lipinski definition) is 4. The molecule has 0 unspecified atom stereocenters. The van der Waals surface area contributed by atoms with Gasteiger partial charge >= 0.3 is 0 Å². The third-order valence-electron chi connectivity index (χ3n) is 4.76. The second kappa shape index (κ2) is 9.01. The fourth-order valence-electron chi connectivity index (χ4n) is 3.08. The Morgan fingerprint density at radius 1 is 1.21 bits per heavy atom. The van der Waals surface area contributed by atoms with Crippen molar-refractivity contribution in [3.63, 3.8) is 0 Å². The zero-order valence-electron chi connectivity index (χ0n) is 16.5. The number of benzene rings is 2. The van der Waals surface area contributed by atoms with Gasteiger partial charge in [-0.2, -0.15) is 0 Å². The molecule has 1 aliphatic heterocycles. The predicted octanol–water partition coefficient (Wildman–Crippen LogP) is 4.78. The van der Waals surface area contributed by atoms with E-state index in [1.54, 1.807) is 42.5 Å². The van der Waals surface area contributed by atoms with Crippen molar-refractivity contribution < 1.29 is 17.9 Å². The van der Waals surface area contributed by atoms with Crippen LogP contribution in [0.25, 0.3) is 0 Å². The van der Waals surface area contributed by atoms with Gasteiger partial charge in [-0.25, -0.2) is 8.42 Å². The molecule has 2 aromatic carbocycles. The molecule has 1 amide bonds. The third kappa shape index (κ3) is 5.19. The van der Waals surface area contributed by atoms with Crippen LogP contribution in [0.3, 0.4) is 0 Å². The van der Waals surface area contributed by atoms with Gasteiger partial charge in [-0.15, -0.1) is 0 Å². The molecule has 1 atom stereocenters. The monoisotopic (exact) mass is 433 g/mol. The van der Waals surface area contributed by atoms with E-state index in [4.69, 9.17) is 16.3 Å². The number of anilines is 1. The lowest BCUT2D eigenvalue weighted by atomic mass is 10.1. The fourth-order valence-corrected chi connectivity index (χ4v) is 4.52. The maximum Gasteiger partial charge on any atom is 0.258 e. The lowest BCUT2D eigenvalue weighted by molar-refractivity contribution is 0.0983. The minimum absolute atomic E-state index is 0.150. The first-order chi connectivity index (χ1) is 13.8. The molecular formula is C22H24ClNO4S. The molecule has 0 saturated heterocycles. The molecule has 0 fully saturated rings. The predicted molar refractivity (Wildman–Crippen MR) is 117 cm³/mol. The van der Waals surface area contributed by atoms with Gasteiger partial charge in [-0.1, -0.05) is 31.0 Å². The Hall–Kier alpha value is -2.31. The highest BCUT2D eigenvalue weighted by molar-refractivity contribution is 7.94. The number of sulfone groups is 1. The highest BCUT2D eigenvalue weighted by atomic mass is 35.5. The van der Waals surface area contributed by atoms with Gasteiger partial charge in [0.25, 0.3) is 5.91 Å². The van der Waals surface area contributed by atoms with Crippen LogP contribution in [0.1, 0.15) is 35.7 Å². The van der Waals surface area contributed by atoms with Gasteiger partial charge < -0.3 is 9.64 Å². The van der Waals surface area contributed by atoms with Gasteiger partial charge in [0, 0.05) is 21.7 Å². The molecule has 2 aromatic rings. The molecule has 3 rings (SSSR count). The molecule has 1 heterocycles. The Morgan fingerprint density at radius 2 is 1.93 bits per heavy atom. The van der Waals surface area contributed by atoms with E-state index in [2.05, 4.69) is 6.92 Å². The number of nitrogens with zero attached hydrogens (tertiary/aromatic N) is 1. The van der Waals surface area contributed by atoms with Crippen LogP contribution >= 0.6 is 11.6 Å². The van der Waals surface area contributed by atoms with Crippen LogP contribution in [0.4, 0.5) is 5.69 Å². The molecule has 0 aromatic heterocycles. The molecule has 0 aliphatic carbocycles. The lowest BCUT2D eigenvalue weighted by Gasteiger charge is -2.28. The number of rotatable bonds is 7. The Morgan fingerprint density at radius 3 is 2.52 bits per heavy atom.